The van der Waals surface area contributed by atoms with Crippen molar-refractivity contribution in [1.29, 1.82) is 0 Å². The number of ether oxygens (including phenoxy) is 1. The highest BCUT2D eigenvalue weighted by Crippen LogP contribution is 2.28. The number of rotatable bonds is 8. The molecule has 2 N–H and O–H groups in total. The van der Waals surface area contributed by atoms with E-state index >= 15 is 0 Å². The van der Waals surface area contributed by atoms with Gasteiger partial charge in [-0.3, -0.25) is 4.79 Å². The molecule has 1 aromatic carbocycles. The Bertz CT molecular complexity index is 1050. The number of carbonyl (C=O) groups is 1. The number of benzene rings is 1. The molecule has 4 rings (SSSR count). The van der Waals surface area contributed by atoms with Gasteiger partial charge in [0.1, 0.15) is 5.82 Å². The van der Waals surface area contributed by atoms with Gasteiger partial charge < -0.3 is 25.0 Å². The number of nitrogens with zero attached hydrogens (tertiary/aromatic N) is 4. The van der Waals surface area contributed by atoms with Crippen molar-refractivity contribution < 1.29 is 14.6 Å². The number of likely N-dealkylation sites (N-methyl/N-ethyl adjacent to an activating group) is 1. The van der Waals surface area contributed by atoms with Crippen molar-refractivity contribution >= 4 is 17.3 Å². The summed E-state index contributed by atoms with van der Waals surface area (Å²) < 4.78 is 5.53. The lowest BCUT2D eigenvalue weighted by molar-refractivity contribution is -0.133. The normalized spacial score (nSPS) is 17.5. The molecule has 1 fully saturated rings. The van der Waals surface area contributed by atoms with E-state index in [4.69, 9.17) is 14.7 Å². The van der Waals surface area contributed by atoms with E-state index in [0.29, 0.717) is 38.0 Å². The lowest BCUT2D eigenvalue weighted by Gasteiger charge is -2.31. The zero-order valence-electron chi connectivity index (χ0n) is 21.0. The van der Waals surface area contributed by atoms with Crippen molar-refractivity contribution in [1.82, 2.24) is 20.2 Å². The van der Waals surface area contributed by atoms with Crippen LogP contribution in [-0.4, -0.2) is 78.4 Å². The monoisotopic (exact) mass is 479 g/mol. The van der Waals surface area contributed by atoms with E-state index in [1.165, 1.54) is 0 Å². The fraction of sp³-hybridized carbons (Fsp3) is 0.519. The fourth-order valence-electron chi connectivity index (χ4n) is 4.63. The Morgan fingerprint density at radius 3 is 2.63 bits per heavy atom. The van der Waals surface area contributed by atoms with Crippen LogP contribution >= 0.6 is 0 Å². The number of morpholine rings is 1. The molecule has 1 aromatic heterocycles. The van der Waals surface area contributed by atoms with Gasteiger partial charge in [-0.1, -0.05) is 38.1 Å². The minimum atomic E-state index is -0.151. The summed E-state index contributed by atoms with van der Waals surface area (Å²) in [6.07, 6.45) is 3.70. The van der Waals surface area contributed by atoms with Gasteiger partial charge in [0.25, 0.3) is 0 Å². The maximum atomic E-state index is 13.0. The van der Waals surface area contributed by atoms with Gasteiger partial charge in [-0.25, -0.2) is 9.97 Å². The summed E-state index contributed by atoms with van der Waals surface area (Å²) in [6, 6.07) is 9.63. The minimum Gasteiger partial charge on any atom is -0.392 e. The summed E-state index contributed by atoms with van der Waals surface area (Å²) >= 11 is 0. The molecule has 8 heteroatoms. The topological polar surface area (TPSA) is 90.8 Å². The van der Waals surface area contributed by atoms with E-state index in [1.54, 1.807) is 0 Å². The molecular formula is C27H37N5O3. The molecule has 2 aromatic rings. The number of hydrogen-bond acceptors (Lipinski definition) is 7. The average molecular weight is 480 g/mol. The highest BCUT2D eigenvalue weighted by atomic mass is 16.5. The van der Waals surface area contributed by atoms with E-state index in [9.17, 15) is 9.90 Å². The first-order valence-corrected chi connectivity index (χ1v) is 12.6. The molecule has 3 heterocycles. The van der Waals surface area contributed by atoms with Crippen molar-refractivity contribution in [3.63, 3.8) is 0 Å². The molecule has 1 saturated heterocycles. The molecular weight excluding hydrogens is 442 g/mol. The largest absolute Gasteiger partial charge is 0.392 e. The van der Waals surface area contributed by atoms with Gasteiger partial charge >= 0.3 is 0 Å². The number of amides is 1. The molecule has 2 aliphatic rings. The fourth-order valence-corrected chi connectivity index (χ4v) is 4.63. The SMILES string of the molecule is CN[C@@H](CC(C)C)C(=O)N1CC=C(c2cc(N3CCOCC3)nc(-c3cccc(CO)c3)n2)CC1. The van der Waals surface area contributed by atoms with Crippen LogP contribution in [0.5, 0.6) is 0 Å². The van der Waals surface area contributed by atoms with E-state index < -0.39 is 0 Å². The maximum absolute atomic E-state index is 13.0. The Morgan fingerprint density at radius 2 is 1.97 bits per heavy atom. The number of nitrogens with one attached hydrogen (secondary N) is 1. The zero-order chi connectivity index (χ0) is 24.8. The molecule has 0 bridgehead atoms. The first-order chi connectivity index (χ1) is 17.0. The molecule has 35 heavy (non-hydrogen) atoms. The van der Waals surface area contributed by atoms with Gasteiger partial charge in [0.2, 0.25) is 5.91 Å². The Hall–Kier alpha value is -2.81. The highest BCUT2D eigenvalue weighted by molar-refractivity contribution is 5.83. The number of aliphatic hydroxyl groups excluding tert-OH is 1. The van der Waals surface area contributed by atoms with Crippen molar-refractivity contribution in [3.05, 3.63) is 47.7 Å². The summed E-state index contributed by atoms with van der Waals surface area (Å²) in [7, 11) is 1.86. The highest BCUT2D eigenvalue weighted by Gasteiger charge is 2.26. The second kappa shape index (κ2) is 11.7. The van der Waals surface area contributed by atoms with Crippen LogP contribution in [0.1, 0.15) is 37.9 Å². The van der Waals surface area contributed by atoms with Crippen molar-refractivity contribution in [2.24, 2.45) is 5.92 Å². The molecule has 0 spiro atoms. The lowest BCUT2D eigenvalue weighted by atomic mass is 10.00. The molecule has 188 valence electrons. The zero-order valence-corrected chi connectivity index (χ0v) is 21.0. The van der Waals surface area contributed by atoms with Gasteiger partial charge in [0.15, 0.2) is 5.82 Å². The van der Waals surface area contributed by atoms with Crippen LogP contribution in [0.25, 0.3) is 17.0 Å². The summed E-state index contributed by atoms with van der Waals surface area (Å²) in [6.45, 7) is 8.44. The third-order valence-corrected chi connectivity index (χ3v) is 6.62. The molecule has 0 aliphatic carbocycles. The van der Waals surface area contributed by atoms with Crippen LogP contribution in [0.15, 0.2) is 36.4 Å². The van der Waals surface area contributed by atoms with E-state index in [-0.39, 0.29) is 18.6 Å². The minimum absolute atomic E-state index is 0.0245. The van der Waals surface area contributed by atoms with Crippen LogP contribution in [0.4, 0.5) is 5.82 Å². The average Bonchev–Trinajstić information content (AvgIpc) is 2.91. The van der Waals surface area contributed by atoms with Crippen LogP contribution in [0.2, 0.25) is 0 Å². The number of aromatic nitrogens is 2. The van der Waals surface area contributed by atoms with Crippen LogP contribution in [0, 0.1) is 5.92 Å². The Kier molecular flexibility index (Phi) is 8.49. The van der Waals surface area contributed by atoms with Gasteiger partial charge in [0.05, 0.1) is 31.6 Å². The maximum Gasteiger partial charge on any atom is 0.239 e. The smallest absolute Gasteiger partial charge is 0.239 e. The molecule has 0 radical (unpaired) electrons. The van der Waals surface area contributed by atoms with Gasteiger partial charge in [0, 0.05) is 37.8 Å². The number of anilines is 1. The van der Waals surface area contributed by atoms with Gasteiger partial charge in [-0.05, 0) is 43.0 Å². The van der Waals surface area contributed by atoms with E-state index in [1.807, 2.05) is 36.2 Å². The Balaban J connectivity index is 1.61. The third-order valence-electron chi connectivity index (χ3n) is 6.62. The van der Waals surface area contributed by atoms with E-state index in [0.717, 1.165) is 54.1 Å². The second-order valence-electron chi connectivity index (χ2n) is 9.63. The summed E-state index contributed by atoms with van der Waals surface area (Å²) in [4.78, 5) is 27.0. The number of carbonyl (C=O) groups excluding carboxylic acids is 1. The quantitative estimate of drug-likeness (QED) is 0.602. The predicted octanol–water partition coefficient (Wildman–Crippen LogP) is 2.72. The van der Waals surface area contributed by atoms with Crippen LogP contribution in [0.3, 0.4) is 0 Å². The van der Waals surface area contributed by atoms with Crippen molar-refractivity contribution in [2.45, 2.75) is 39.3 Å². The molecule has 1 atom stereocenters. The first-order valence-electron chi connectivity index (χ1n) is 12.6. The summed E-state index contributed by atoms with van der Waals surface area (Å²) in [5.41, 5.74) is 3.74. The molecule has 8 nitrogen and oxygen atoms in total. The number of aliphatic hydroxyl groups is 1. The Morgan fingerprint density at radius 1 is 1.17 bits per heavy atom. The predicted molar refractivity (Wildman–Crippen MR) is 138 cm³/mol. The molecule has 2 aliphatic heterocycles. The van der Waals surface area contributed by atoms with Crippen molar-refractivity contribution in [2.75, 3.05) is 51.3 Å². The molecule has 0 saturated carbocycles. The second-order valence-corrected chi connectivity index (χ2v) is 9.63. The van der Waals surface area contributed by atoms with Crippen LogP contribution < -0.4 is 10.2 Å². The lowest BCUT2D eigenvalue weighted by Crippen LogP contribution is -2.47. The van der Waals surface area contributed by atoms with Crippen LogP contribution in [-0.2, 0) is 16.1 Å². The first kappa shape index (κ1) is 25.3. The molecule has 1 amide bonds. The van der Waals surface area contributed by atoms with Gasteiger partial charge in [-0.2, -0.15) is 0 Å². The van der Waals surface area contributed by atoms with E-state index in [2.05, 4.69) is 36.2 Å². The van der Waals surface area contributed by atoms with Crippen molar-refractivity contribution in [3.8, 4) is 11.4 Å². The van der Waals surface area contributed by atoms with Gasteiger partial charge in [-0.15, -0.1) is 0 Å². The number of hydrogen-bond donors (Lipinski definition) is 2. The standard InChI is InChI=1S/C27H37N5O3/c1-19(2)15-24(28-3)27(34)32-9-7-21(8-10-32)23-17-25(31-11-13-35-14-12-31)30-26(29-23)22-6-4-5-20(16-22)18-33/h4-7,16-17,19,24,28,33H,8-15,18H2,1-3H3/t24-/m0/s1. The third kappa shape index (κ3) is 6.25. The Labute approximate surface area is 208 Å². The molecule has 0 unspecified atom stereocenters. The summed E-state index contributed by atoms with van der Waals surface area (Å²) in [5, 5.41) is 12.8. The summed E-state index contributed by atoms with van der Waals surface area (Å²) in [5.74, 6) is 2.14.